The van der Waals surface area contributed by atoms with Crippen molar-refractivity contribution in [2.75, 3.05) is 0 Å². The quantitative estimate of drug-likeness (QED) is 0.644. The van der Waals surface area contributed by atoms with Crippen molar-refractivity contribution in [3.63, 3.8) is 0 Å². The summed E-state index contributed by atoms with van der Waals surface area (Å²) in [6.45, 7) is 5.38. The lowest BCUT2D eigenvalue weighted by Crippen LogP contribution is -2.05. The van der Waals surface area contributed by atoms with Crippen LogP contribution in [0.4, 0.5) is 0 Å². The van der Waals surface area contributed by atoms with E-state index in [2.05, 4.69) is 0 Å². The highest BCUT2D eigenvalue weighted by atomic mass is 16.8. The molecule has 4 heteroatoms. The van der Waals surface area contributed by atoms with Crippen molar-refractivity contribution in [1.29, 1.82) is 0 Å². The molecule has 1 aliphatic heterocycles. The minimum atomic E-state index is -0.233. The van der Waals surface area contributed by atoms with Crippen molar-refractivity contribution in [1.82, 2.24) is 0 Å². The predicted octanol–water partition coefficient (Wildman–Crippen LogP) is 2.67. The molecule has 1 aromatic rings. The van der Waals surface area contributed by atoms with Crippen molar-refractivity contribution in [3.05, 3.63) is 23.3 Å². The lowest BCUT2D eigenvalue weighted by atomic mass is 10.0. The van der Waals surface area contributed by atoms with Gasteiger partial charge in [0.15, 0.2) is 5.78 Å². The van der Waals surface area contributed by atoms with E-state index in [1.54, 1.807) is 12.1 Å². The van der Waals surface area contributed by atoms with E-state index in [-0.39, 0.29) is 23.9 Å². The van der Waals surface area contributed by atoms with Crippen molar-refractivity contribution in [2.24, 2.45) is 0 Å². The van der Waals surface area contributed by atoms with Gasteiger partial charge < -0.3 is 14.6 Å². The maximum atomic E-state index is 11.4. The zero-order chi connectivity index (χ0) is 13.3. The molecule has 0 aliphatic carbocycles. The smallest absolute Gasteiger partial charge is 0.226 e. The van der Waals surface area contributed by atoms with E-state index in [4.69, 9.17) is 9.47 Å². The molecule has 1 fully saturated rings. The summed E-state index contributed by atoms with van der Waals surface area (Å²) in [4.78, 5) is 11.4. The van der Waals surface area contributed by atoms with Gasteiger partial charge >= 0.3 is 0 Å². The van der Waals surface area contributed by atoms with Gasteiger partial charge in [-0.1, -0.05) is 13.3 Å². The number of rotatable bonds is 5. The number of epoxide rings is 1. The number of Topliss-reactive ketones (excluding diaryl/α,β-unsaturated/α-hetero) is 1. The summed E-state index contributed by atoms with van der Waals surface area (Å²) in [6, 6.07) is 3.33. The zero-order valence-electron chi connectivity index (χ0n) is 10.9. The van der Waals surface area contributed by atoms with Gasteiger partial charge in [0, 0.05) is 5.56 Å². The number of aromatic hydroxyl groups is 1. The first-order valence-corrected chi connectivity index (χ1v) is 6.22. The molecule has 0 bridgehead atoms. The highest BCUT2D eigenvalue weighted by Gasteiger charge is 2.37. The topological polar surface area (TPSA) is 59.1 Å². The van der Waals surface area contributed by atoms with Crippen LogP contribution in [0.3, 0.4) is 0 Å². The third-order valence-corrected chi connectivity index (χ3v) is 3.02. The van der Waals surface area contributed by atoms with Crippen molar-refractivity contribution < 1.29 is 19.4 Å². The van der Waals surface area contributed by atoms with Crippen LogP contribution in [0, 0.1) is 0 Å². The number of carbonyl (C=O) groups is 1. The Kier molecular flexibility index (Phi) is 3.57. The Morgan fingerprint density at radius 2 is 2.17 bits per heavy atom. The second-order valence-corrected chi connectivity index (χ2v) is 4.57. The van der Waals surface area contributed by atoms with Crippen LogP contribution in [0.2, 0.25) is 0 Å². The Hall–Kier alpha value is -1.55. The fourth-order valence-electron chi connectivity index (χ4n) is 1.92. The maximum absolute atomic E-state index is 11.4. The third kappa shape index (κ3) is 2.48. The molecule has 0 saturated carbocycles. The lowest BCUT2D eigenvalue weighted by Gasteiger charge is -2.13. The fraction of sp³-hybridized carbons (Fsp3) is 0.500. The first-order valence-electron chi connectivity index (χ1n) is 6.22. The third-order valence-electron chi connectivity index (χ3n) is 3.02. The molecule has 2 unspecified atom stereocenters. The van der Waals surface area contributed by atoms with Crippen LogP contribution in [-0.2, 0) is 11.2 Å². The van der Waals surface area contributed by atoms with E-state index >= 15 is 0 Å². The lowest BCUT2D eigenvalue weighted by molar-refractivity contribution is 0.101. The van der Waals surface area contributed by atoms with Gasteiger partial charge in [-0.05, 0) is 32.4 Å². The van der Waals surface area contributed by atoms with Gasteiger partial charge in [-0.3, -0.25) is 4.79 Å². The minimum absolute atomic E-state index is 0.0372. The van der Waals surface area contributed by atoms with Crippen LogP contribution < -0.4 is 4.74 Å². The summed E-state index contributed by atoms with van der Waals surface area (Å²) < 4.78 is 10.8. The number of benzene rings is 1. The molecule has 1 heterocycles. The molecule has 98 valence electrons. The second kappa shape index (κ2) is 4.98. The van der Waals surface area contributed by atoms with Gasteiger partial charge in [0.2, 0.25) is 6.29 Å². The van der Waals surface area contributed by atoms with Gasteiger partial charge in [0.1, 0.15) is 17.6 Å². The summed E-state index contributed by atoms with van der Waals surface area (Å²) in [5.41, 5.74) is 1.03. The van der Waals surface area contributed by atoms with Crippen molar-refractivity contribution >= 4 is 5.78 Å². The first kappa shape index (κ1) is 12.9. The van der Waals surface area contributed by atoms with Crippen LogP contribution in [0.5, 0.6) is 11.5 Å². The Morgan fingerprint density at radius 1 is 1.50 bits per heavy atom. The molecule has 1 aromatic carbocycles. The maximum Gasteiger partial charge on any atom is 0.226 e. The molecule has 0 aromatic heterocycles. The number of ether oxygens (including phenoxy) is 2. The molecule has 0 amide bonds. The molecule has 2 atom stereocenters. The van der Waals surface area contributed by atoms with Crippen LogP contribution >= 0.6 is 0 Å². The molecule has 4 nitrogen and oxygen atoms in total. The van der Waals surface area contributed by atoms with Crippen LogP contribution in [-0.4, -0.2) is 23.3 Å². The van der Waals surface area contributed by atoms with Gasteiger partial charge in [0.05, 0.1) is 5.56 Å². The number of phenolic OH excluding ortho intramolecular Hbond substituents is 1. The number of carbonyl (C=O) groups excluding carboxylic acids is 1. The number of ketones is 1. The number of hydrogen-bond acceptors (Lipinski definition) is 4. The molecule has 1 aliphatic rings. The van der Waals surface area contributed by atoms with Crippen molar-refractivity contribution in [3.8, 4) is 11.5 Å². The SMILES string of the molecule is CCCc1c(OC2OC2C)ccc(C(C)=O)c1O. The Labute approximate surface area is 107 Å². The first-order chi connectivity index (χ1) is 8.54. The molecule has 18 heavy (non-hydrogen) atoms. The molecule has 0 radical (unpaired) electrons. The Balaban J connectivity index is 2.33. The number of hydrogen-bond donors (Lipinski definition) is 1. The second-order valence-electron chi connectivity index (χ2n) is 4.57. The highest BCUT2D eigenvalue weighted by Crippen LogP contribution is 2.36. The molecular weight excluding hydrogens is 232 g/mol. The summed E-state index contributed by atoms with van der Waals surface area (Å²) in [5.74, 6) is 0.497. The molecule has 2 rings (SSSR count). The van der Waals surface area contributed by atoms with Gasteiger partial charge in [-0.2, -0.15) is 0 Å². The zero-order valence-corrected chi connectivity index (χ0v) is 10.9. The van der Waals surface area contributed by atoms with Gasteiger partial charge in [0.25, 0.3) is 0 Å². The largest absolute Gasteiger partial charge is 0.507 e. The van der Waals surface area contributed by atoms with E-state index in [0.29, 0.717) is 23.3 Å². The molecule has 0 spiro atoms. The molecular formula is C14H18O4. The monoisotopic (exact) mass is 250 g/mol. The predicted molar refractivity (Wildman–Crippen MR) is 67.1 cm³/mol. The van der Waals surface area contributed by atoms with Gasteiger partial charge in [-0.25, -0.2) is 0 Å². The normalized spacial score (nSPS) is 21.7. The van der Waals surface area contributed by atoms with E-state index < -0.39 is 0 Å². The average Bonchev–Trinajstić information content (AvgIpc) is 2.99. The number of phenols is 1. The highest BCUT2D eigenvalue weighted by molar-refractivity contribution is 5.97. The summed E-state index contributed by atoms with van der Waals surface area (Å²) in [5, 5.41) is 10.1. The van der Waals surface area contributed by atoms with Crippen LogP contribution in [0.1, 0.15) is 43.1 Å². The van der Waals surface area contributed by atoms with E-state index in [9.17, 15) is 9.90 Å². The van der Waals surface area contributed by atoms with Crippen LogP contribution in [0.25, 0.3) is 0 Å². The average molecular weight is 250 g/mol. The Bertz CT molecular complexity index is 467. The van der Waals surface area contributed by atoms with E-state index in [1.165, 1.54) is 6.92 Å². The summed E-state index contributed by atoms with van der Waals surface area (Å²) >= 11 is 0. The minimum Gasteiger partial charge on any atom is -0.507 e. The van der Waals surface area contributed by atoms with Crippen molar-refractivity contribution in [2.45, 2.75) is 46.0 Å². The van der Waals surface area contributed by atoms with Crippen LogP contribution in [0.15, 0.2) is 12.1 Å². The van der Waals surface area contributed by atoms with E-state index in [0.717, 1.165) is 6.42 Å². The summed E-state index contributed by atoms with van der Waals surface area (Å²) in [6.07, 6.45) is 1.40. The Morgan fingerprint density at radius 3 is 2.67 bits per heavy atom. The van der Waals surface area contributed by atoms with Gasteiger partial charge in [-0.15, -0.1) is 0 Å². The summed E-state index contributed by atoms with van der Waals surface area (Å²) in [7, 11) is 0. The fourth-order valence-corrected chi connectivity index (χ4v) is 1.92. The van der Waals surface area contributed by atoms with E-state index in [1.807, 2.05) is 13.8 Å². The molecule has 1 N–H and O–H groups in total. The standard InChI is InChI=1S/C14H18O4/c1-4-5-11-12(18-14-9(3)17-14)7-6-10(8(2)15)13(11)16/h6-7,9,14,16H,4-5H2,1-3H3. The molecule has 1 saturated heterocycles.